The molecule has 0 atom stereocenters. The first kappa shape index (κ1) is 17.5. The summed E-state index contributed by atoms with van der Waals surface area (Å²) in [5, 5.41) is 15.7. The van der Waals surface area contributed by atoms with E-state index in [0.717, 1.165) is 48.9 Å². The van der Waals surface area contributed by atoms with Crippen LogP contribution in [0, 0.1) is 24.0 Å². The molecule has 1 aliphatic rings. The fraction of sp³-hybridized carbons (Fsp3) is 0.353. The van der Waals surface area contributed by atoms with Gasteiger partial charge in [0.15, 0.2) is 0 Å². The molecule has 0 N–H and O–H groups in total. The van der Waals surface area contributed by atoms with E-state index in [0.29, 0.717) is 10.8 Å². The maximum Gasteiger partial charge on any atom is 0.271 e. The average molecular weight is 388 g/mol. The zero-order valence-electron chi connectivity index (χ0n) is 15.0. The molecule has 2 aromatic heterocycles. The number of nitro benzene ring substituents is 1. The lowest BCUT2D eigenvalue weighted by atomic mass is 10.1. The van der Waals surface area contributed by atoms with Crippen LogP contribution >= 0.6 is 11.6 Å². The van der Waals surface area contributed by atoms with Gasteiger partial charge in [-0.15, -0.1) is 0 Å². The van der Waals surface area contributed by atoms with E-state index in [4.69, 9.17) is 11.6 Å². The zero-order valence-corrected chi connectivity index (χ0v) is 15.7. The van der Waals surface area contributed by atoms with E-state index < -0.39 is 4.92 Å². The molecule has 0 unspecified atom stereocenters. The number of anilines is 2. The molecule has 0 aliphatic carbocycles. The third kappa shape index (κ3) is 3.14. The molecule has 0 amide bonds. The standard InChI is InChI=1S/C17H18ClN7O2/c1-11-7-13(25(26)27)9-14(18)16(11)23-5-3-22(4-6-23)15-8-12(2)21-17-19-10-20-24(15)17/h7-10H,3-6H2,1-2H3. The van der Waals surface area contributed by atoms with Crippen LogP contribution < -0.4 is 9.80 Å². The Bertz CT molecular complexity index is 1000. The van der Waals surface area contributed by atoms with Crippen LogP contribution in [0.3, 0.4) is 0 Å². The SMILES string of the molecule is Cc1cc(N2CCN(c3c(C)cc([N+](=O)[O-])cc3Cl)CC2)n2ncnc2n1. The van der Waals surface area contributed by atoms with Gasteiger partial charge in [0.05, 0.1) is 15.6 Å². The van der Waals surface area contributed by atoms with Crippen molar-refractivity contribution >= 4 is 34.6 Å². The molecule has 0 saturated carbocycles. The Balaban J connectivity index is 1.57. The van der Waals surface area contributed by atoms with E-state index in [2.05, 4.69) is 24.9 Å². The third-order valence-electron chi connectivity index (χ3n) is 4.73. The second-order valence-corrected chi connectivity index (χ2v) is 6.96. The number of aryl methyl sites for hydroxylation is 2. The summed E-state index contributed by atoms with van der Waals surface area (Å²) >= 11 is 6.36. The third-order valence-corrected chi connectivity index (χ3v) is 5.02. The van der Waals surface area contributed by atoms with Gasteiger partial charge in [-0.2, -0.15) is 14.6 Å². The van der Waals surface area contributed by atoms with Gasteiger partial charge in [-0.3, -0.25) is 10.1 Å². The van der Waals surface area contributed by atoms with Crippen molar-refractivity contribution in [1.29, 1.82) is 0 Å². The number of non-ortho nitro benzene ring substituents is 1. The van der Waals surface area contributed by atoms with Crippen LogP contribution in [0.2, 0.25) is 5.02 Å². The second-order valence-electron chi connectivity index (χ2n) is 6.55. The molecule has 0 spiro atoms. The molecule has 0 radical (unpaired) electrons. The molecule has 9 nitrogen and oxygen atoms in total. The maximum absolute atomic E-state index is 11.0. The predicted molar refractivity (Wildman–Crippen MR) is 103 cm³/mol. The van der Waals surface area contributed by atoms with Crippen LogP contribution in [-0.4, -0.2) is 50.7 Å². The molecule has 27 heavy (non-hydrogen) atoms. The number of halogens is 1. The van der Waals surface area contributed by atoms with Gasteiger partial charge in [0.2, 0.25) is 0 Å². The van der Waals surface area contributed by atoms with Crippen molar-refractivity contribution < 1.29 is 4.92 Å². The Kier molecular flexibility index (Phi) is 4.31. The molecule has 1 aromatic carbocycles. The first-order chi connectivity index (χ1) is 12.9. The molecule has 1 saturated heterocycles. The number of nitro groups is 1. The van der Waals surface area contributed by atoms with Gasteiger partial charge in [-0.05, 0) is 19.4 Å². The summed E-state index contributed by atoms with van der Waals surface area (Å²) in [4.78, 5) is 23.6. The fourth-order valence-electron chi connectivity index (χ4n) is 3.52. The number of piperazine rings is 1. The van der Waals surface area contributed by atoms with Crippen LogP contribution in [0.5, 0.6) is 0 Å². The van der Waals surface area contributed by atoms with Gasteiger partial charge in [0.25, 0.3) is 11.5 Å². The van der Waals surface area contributed by atoms with Crippen molar-refractivity contribution in [2.24, 2.45) is 0 Å². The average Bonchev–Trinajstić information content (AvgIpc) is 3.09. The minimum atomic E-state index is -0.421. The number of fused-ring (bicyclic) bond motifs is 1. The Labute approximate surface area is 160 Å². The molecule has 1 aliphatic heterocycles. The number of rotatable bonds is 3. The van der Waals surface area contributed by atoms with Gasteiger partial charge < -0.3 is 9.80 Å². The first-order valence-electron chi connectivity index (χ1n) is 8.56. The zero-order chi connectivity index (χ0) is 19.1. The Morgan fingerprint density at radius 2 is 1.81 bits per heavy atom. The van der Waals surface area contributed by atoms with Crippen LogP contribution in [0.25, 0.3) is 5.78 Å². The quantitative estimate of drug-likeness (QED) is 0.503. The smallest absolute Gasteiger partial charge is 0.271 e. The highest BCUT2D eigenvalue weighted by Gasteiger charge is 2.24. The fourth-order valence-corrected chi connectivity index (χ4v) is 3.90. The molecule has 3 heterocycles. The van der Waals surface area contributed by atoms with Gasteiger partial charge in [0.1, 0.15) is 12.1 Å². The summed E-state index contributed by atoms with van der Waals surface area (Å²) in [6, 6.07) is 4.99. The van der Waals surface area contributed by atoms with E-state index in [9.17, 15) is 10.1 Å². The van der Waals surface area contributed by atoms with E-state index in [1.165, 1.54) is 12.4 Å². The molecular formula is C17H18ClN7O2. The largest absolute Gasteiger partial charge is 0.367 e. The van der Waals surface area contributed by atoms with Crippen molar-refractivity contribution in [1.82, 2.24) is 19.6 Å². The highest BCUT2D eigenvalue weighted by molar-refractivity contribution is 6.33. The van der Waals surface area contributed by atoms with E-state index in [1.807, 2.05) is 19.9 Å². The predicted octanol–water partition coefficient (Wildman–Crippen LogP) is 2.63. The van der Waals surface area contributed by atoms with Crippen molar-refractivity contribution in [2.75, 3.05) is 36.0 Å². The van der Waals surface area contributed by atoms with E-state index >= 15 is 0 Å². The normalized spacial score (nSPS) is 14.8. The molecular weight excluding hydrogens is 370 g/mol. The van der Waals surface area contributed by atoms with E-state index in [-0.39, 0.29) is 5.69 Å². The van der Waals surface area contributed by atoms with Crippen molar-refractivity contribution in [3.8, 4) is 0 Å². The van der Waals surface area contributed by atoms with Gasteiger partial charge in [0, 0.05) is 50.1 Å². The minimum Gasteiger partial charge on any atom is -0.367 e. The lowest BCUT2D eigenvalue weighted by molar-refractivity contribution is -0.384. The first-order valence-corrected chi connectivity index (χ1v) is 8.93. The Morgan fingerprint density at radius 3 is 2.48 bits per heavy atom. The number of aromatic nitrogens is 4. The van der Waals surface area contributed by atoms with Gasteiger partial charge >= 0.3 is 0 Å². The summed E-state index contributed by atoms with van der Waals surface area (Å²) < 4.78 is 1.74. The lowest BCUT2D eigenvalue weighted by Gasteiger charge is -2.38. The summed E-state index contributed by atoms with van der Waals surface area (Å²) in [6.45, 7) is 6.82. The van der Waals surface area contributed by atoms with E-state index in [1.54, 1.807) is 10.6 Å². The van der Waals surface area contributed by atoms with Crippen molar-refractivity contribution in [3.05, 3.63) is 50.9 Å². The summed E-state index contributed by atoms with van der Waals surface area (Å²) in [6.07, 6.45) is 1.50. The highest BCUT2D eigenvalue weighted by Crippen LogP contribution is 2.34. The maximum atomic E-state index is 11.0. The number of nitrogens with zero attached hydrogens (tertiary/aromatic N) is 7. The van der Waals surface area contributed by atoms with Crippen molar-refractivity contribution in [3.63, 3.8) is 0 Å². The Hall–Kier alpha value is -2.94. The van der Waals surface area contributed by atoms with Gasteiger partial charge in [-0.25, -0.2) is 4.98 Å². The number of hydrogen-bond donors (Lipinski definition) is 0. The Morgan fingerprint density at radius 1 is 1.11 bits per heavy atom. The van der Waals surface area contributed by atoms with Crippen LogP contribution in [0.4, 0.5) is 17.2 Å². The minimum absolute atomic E-state index is 0.0146. The summed E-state index contributed by atoms with van der Waals surface area (Å²) in [5.41, 5.74) is 2.57. The molecule has 140 valence electrons. The summed E-state index contributed by atoms with van der Waals surface area (Å²) in [5.74, 6) is 1.54. The second kappa shape index (κ2) is 6.66. The van der Waals surface area contributed by atoms with Crippen LogP contribution in [0.1, 0.15) is 11.3 Å². The monoisotopic (exact) mass is 387 g/mol. The molecule has 10 heteroatoms. The topological polar surface area (TPSA) is 92.7 Å². The van der Waals surface area contributed by atoms with Crippen molar-refractivity contribution in [2.45, 2.75) is 13.8 Å². The molecule has 4 rings (SSSR count). The highest BCUT2D eigenvalue weighted by atomic mass is 35.5. The molecule has 0 bridgehead atoms. The van der Waals surface area contributed by atoms with Gasteiger partial charge in [-0.1, -0.05) is 11.6 Å². The number of hydrogen-bond acceptors (Lipinski definition) is 7. The molecule has 1 fully saturated rings. The lowest BCUT2D eigenvalue weighted by Crippen LogP contribution is -2.47. The van der Waals surface area contributed by atoms with Crippen LogP contribution in [0.15, 0.2) is 24.5 Å². The summed E-state index contributed by atoms with van der Waals surface area (Å²) in [7, 11) is 0. The van der Waals surface area contributed by atoms with Crippen LogP contribution in [-0.2, 0) is 0 Å². The molecule has 3 aromatic rings. The number of benzene rings is 1.